The number of carbonyl (C=O) groups excluding carboxylic acids is 1. The first kappa shape index (κ1) is 17.5. The minimum Gasteiger partial charge on any atom is -0.468 e. The molecule has 0 aliphatic carbocycles. The van der Waals surface area contributed by atoms with Crippen molar-refractivity contribution in [1.82, 2.24) is 10.3 Å². The van der Waals surface area contributed by atoms with E-state index in [1.54, 1.807) is 6.07 Å². The number of halogens is 3. The summed E-state index contributed by atoms with van der Waals surface area (Å²) in [5.41, 5.74) is 0.682. The van der Waals surface area contributed by atoms with E-state index in [1.807, 2.05) is 6.92 Å². The Hall–Kier alpha value is -1.83. The second-order valence-corrected chi connectivity index (χ2v) is 5.45. The molecule has 5 nitrogen and oxygen atoms in total. The van der Waals surface area contributed by atoms with Crippen LogP contribution >= 0.6 is 0 Å². The van der Waals surface area contributed by atoms with Crippen LogP contribution in [-0.4, -0.2) is 36.4 Å². The molecule has 0 spiro atoms. The number of nitrogens with zero attached hydrogens (tertiary/aromatic N) is 1. The number of alkyl halides is 3. The SMILES string of the molecule is C[C@H]1OCCC[C@H]1C(=O)NCc1ccc(OCC(F)(F)F)nc1. The van der Waals surface area contributed by atoms with Gasteiger partial charge < -0.3 is 14.8 Å². The molecule has 1 aromatic rings. The molecule has 2 atom stereocenters. The van der Waals surface area contributed by atoms with E-state index >= 15 is 0 Å². The summed E-state index contributed by atoms with van der Waals surface area (Å²) < 4.78 is 46.1. The number of hydrogen-bond donors (Lipinski definition) is 1. The zero-order valence-electron chi connectivity index (χ0n) is 12.7. The Labute approximate surface area is 132 Å². The first-order valence-corrected chi connectivity index (χ1v) is 7.39. The van der Waals surface area contributed by atoms with E-state index in [-0.39, 0.29) is 30.4 Å². The summed E-state index contributed by atoms with van der Waals surface area (Å²) >= 11 is 0. The average Bonchev–Trinajstić information content (AvgIpc) is 2.51. The molecular formula is C15H19F3N2O3. The van der Waals surface area contributed by atoms with Gasteiger partial charge in [0, 0.05) is 25.4 Å². The zero-order chi connectivity index (χ0) is 16.9. The fraction of sp³-hybridized carbons (Fsp3) is 0.600. The number of pyridine rings is 1. The fourth-order valence-corrected chi connectivity index (χ4v) is 2.34. The van der Waals surface area contributed by atoms with E-state index in [0.717, 1.165) is 12.8 Å². The molecule has 1 saturated heterocycles. The van der Waals surface area contributed by atoms with Crippen LogP contribution in [0, 0.1) is 5.92 Å². The number of ether oxygens (including phenoxy) is 2. The Kier molecular flexibility index (Phi) is 5.81. The summed E-state index contributed by atoms with van der Waals surface area (Å²) in [6.07, 6.45) is -1.48. The normalized spacial score (nSPS) is 21.7. The first-order chi connectivity index (χ1) is 10.8. The van der Waals surface area contributed by atoms with Gasteiger partial charge in [0.2, 0.25) is 11.8 Å². The van der Waals surface area contributed by atoms with Gasteiger partial charge in [-0.3, -0.25) is 4.79 Å². The van der Waals surface area contributed by atoms with E-state index in [0.29, 0.717) is 12.2 Å². The highest BCUT2D eigenvalue weighted by Gasteiger charge is 2.29. The maximum atomic E-state index is 12.1. The Morgan fingerprint density at radius 3 is 2.87 bits per heavy atom. The topological polar surface area (TPSA) is 60.5 Å². The molecule has 0 saturated carbocycles. The first-order valence-electron chi connectivity index (χ1n) is 7.39. The lowest BCUT2D eigenvalue weighted by atomic mass is 9.94. The molecule has 1 fully saturated rings. The number of hydrogen-bond acceptors (Lipinski definition) is 4. The van der Waals surface area contributed by atoms with Crippen molar-refractivity contribution in [2.45, 2.75) is 38.6 Å². The van der Waals surface area contributed by atoms with Gasteiger partial charge in [-0.1, -0.05) is 6.07 Å². The number of aromatic nitrogens is 1. The van der Waals surface area contributed by atoms with Crippen molar-refractivity contribution in [3.8, 4) is 5.88 Å². The van der Waals surface area contributed by atoms with Gasteiger partial charge in [0.25, 0.3) is 0 Å². The maximum Gasteiger partial charge on any atom is 0.422 e. The highest BCUT2D eigenvalue weighted by molar-refractivity contribution is 5.79. The van der Waals surface area contributed by atoms with Gasteiger partial charge in [0.05, 0.1) is 12.0 Å². The van der Waals surface area contributed by atoms with Crippen molar-refractivity contribution < 1.29 is 27.4 Å². The molecule has 23 heavy (non-hydrogen) atoms. The van der Waals surface area contributed by atoms with E-state index < -0.39 is 12.8 Å². The molecule has 1 aromatic heterocycles. The third-order valence-corrected chi connectivity index (χ3v) is 3.59. The molecule has 0 aromatic carbocycles. The van der Waals surface area contributed by atoms with Crippen LogP contribution in [0.4, 0.5) is 13.2 Å². The van der Waals surface area contributed by atoms with Crippen LogP contribution in [0.1, 0.15) is 25.3 Å². The summed E-state index contributed by atoms with van der Waals surface area (Å²) in [7, 11) is 0. The van der Waals surface area contributed by atoms with Crippen LogP contribution < -0.4 is 10.1 Å². The van der Waals surface area contributed by atoms with Gasteiger partial charge in [-0.05, 0) is 25.3 Å². The summed E-state index contributed by atoms with van der Waals surface area (Å²) in [5.74, 6) is -0.368. The Bertz CT molecular complexity index is 520. The number of rotatable bonds is 5. The Balaban J connectivity index is 1.80. The van der Waals surface area contributed by atoms with Crippen LogP contribution in [0.3, 0.4) is 0 Å². The monoisotopic (exact) mass is 332 g/mol. The highest BCUT2D eigenvalue weighted by atomic mass is 19.4. The van der Waals surface area contributed by atoms with Crippen molar-refractivity contribution in [2.24, 2.45) is 5.92 Å². The number of amides is 1. The summed E-state index contributed by atoms with van der Waals surface area (Å²) in [6, 6.07) is 2.92. The van der Waals surface area contributed by atoms with Crippen LogP contribution in [0.2, 0.25) is 0 Å². The second-order valence-electron chi connectivity index (χ2n) is 5.45. The standard InChI is InChI=1S/C15H19F3N2O3/c1-10-12(3-2-6-22-10)14(21)20-8-11-4-5-13(19-7-11)23-9-15(16,17)18/h4-5,7,10,12H,2-3,6,8-9H2,1H3,(H,20,21)/t10-,12-/m1/s1. The van der Waals surface area contributed by atoms with Crippen molar-refractivity contribution in [1.29, 1.82) is 0 Å². The smallest absolute Gasteiger partial charge is 0.422 e. The van der Waals surface area contributed by atoms with E-state index in [2.05, 4.69) is 15.0 Å². The van der Waals surface area contributed by atoms with E-state index in [4.69, 9.17) is 4.74 Å². The molecule has 0 bridgehead atoms. The average molecular weight is 332 g/mol. The van der Waals surface area contributed by atoms with E-state index in [9.17, 15) is 18.0 Å². The largest absolute Gasteiger partial charge is 0.468 e. The molecule has 0 radical (unpaired) electrons. The lowest BCUT2D eigenvalue weighted by Crippen LogP contribution is -2.39. The molecule has 0 unspecified atom stereocenters. The lowest BCUT2D eigenvalue weighted by Gasteiger charge is -2.28. The number of nitrogens with one attached hydrogen (secondary N) is 1. The zero-order valence-corrected chi connectivity index (χ0v) is 12.7. The van der Waals surface area contributed by atoms with Crippen molar-refractivity contribution in [3.05, 3.63) is 23.9 Å². The van der Waals surface area contributed by atoms with Gasteiger partial charge in [0.1, 0.15) is 0 Å². The van der Waals surface area contributed by atoms with Gasteiger partial charge in [0.15, 0.2) is 6.61 Å². The highest BCUT2D eigenvalue weighted by Crippen LogP contribution is 2.21. The molecule has 1 N–H and O–H groups in total. The predicted molar refractivity (Wildman–Crippen MR) is 75.8 cm³/mol. The summed E-state index contributed by atoms with van der Waals surface area (Å²) in [4.78, 5) is 15.9. The molecule has 8 heteroatoms. The summed E-state index contributed by atoms with van der Waals surface area (Å²) in [6.45, 7) is 1.43. The molecule has 1 amide bonds. The lowest BCUT2D eigenvalue weighted by molar-refractivity contribution is -0.154. The molecule has 128 valence electrons. The third-order valence-electron chi connectivity index (χ3n) is 3.59. The third kappa shape index (κ3) is 5.70. The predicted octanol–water partition coefficient (Wildman–Crippen LogP) is 2.45. The van der Waals surface area contributed by atoms with Crippen LogP contribution in [0.15, 0.2) is 18.3 Å². The quantitative estimate of drug-likeness (QED) is 0.900. The number of carbonyl (C=O) groups is 1. The molecular weight excluding hydrogens is 313 g/mol. The van der Waals surface area contributed by atoms with Gasteiger partial charge in [-0.15, -0.1) is 0 Å². The Morgan fingerprint density at radius 2 is 2.26 bits per heavy atom. The van der Waals surface area contributed by atoms with Gasteiger partial charge >= 0.3 is 6.18 Å². The molecule has 1 aliphatic rings. The maximum absolute atomic E-state index is 12.1. The van der Waals surface area contributed by atoms with Crippen LogP contribution in [0.25, 0.3) is 0 Å². The fourth-order valence-electron chi connectivity index (χ4n) is 2.34. The van der Waals surface area contributed by atoms with E-state index in [1.165, 1.54) is 12.3 Å². The van der Waals surface area contributed by atoms with Crippen LogP contribution in [0.5, 0.6) is 5.88 Å². The van der Waals surface area contributed by atoms with Gasteiger partial charge in [-0.25, -0.2) is 4.98 Å². The van der Waals surface area contributed by atoms with Crippen LogP contribution in [-0.2, 0) is 16.1 Å². The Morgan fingerprint density at radius 1 is 1.48 bits per heavy atom. The minimum absolute atomic E-state index is 0.0883. The molecule has 1 aliphatic heterocycles. The molecule has 2 heterocycles. The van der Waals surface area contributed by atoms with Gasteiger partial charge in [-0.2, -0.15) is 13.2 Å². The van der Waals surface area contributed by atoms with Crippen molar-refractivity contribution >= 4 is 5.91 Å². The summed E-state index contributed by atoms with van der Waals surface area (Å²) in [5, 5.41) is 2.80. The van der Waals surface area contributed by atoms with Crippen molar-refractivity contribution in [2.75, 3.05) is 13.2 Å². The molecule has 2 rings (SSSR count). The van der Waals surface area contributed by atoms with Crippen molar-refractivity contribution in [3.63, 3.8) is 0 Å². The minimum atomic E-state index is -4.40. The second kappa shape index (κ2) is 7.63.